The van der Waals surface area contributed by atoms with Crippen LogP contribution < -0.4 is 5.32 Å². The van der Waals surface area contributed by atoms with Crippen LogP contribution in [0, 0.1) is 6.92 Å². The number of amides is 1. The summed E-state index contributed by atoms with van der Waals surface area (Å²) in [4.78, 5) is 22.9. The number of carboxylic acid groups (broad SMARTS) is 1. The fourth-order valence-electron chi connectivity index (χ4n) is 1.82. The molecule has 106 valence electrons. The van der Waals surface area contributed by atoms with Crippen molar-refractivity contribution < 1.29 is 19.2 Å². The standard InChI is InChI=1S/C13H20N2O4/c1-5-9(6-10(16)17)14-13(18)11-8(4)15-19-12(11)7(2)3/h7,9H,5-6H2,1-4H3,(H,14,18)(H,16,17). The van der Waals surface area contributed by atoms with Crippen LogP contribution in [0.3, 0.4) is 0 Å². The Balaban J connectivity index is 2.88. The molecular weight excluding hydrogens is 248 g/mol. The first-order chi connectivity index (χ1) is 8.86. The minimum Gasteiger partial charge on any atom is -0.481 e. The van der Waals surface area contributed by atoms with Gasteiger partial charge in [0.2, 0.25) is 0 Å². The fourth-order valence-corrected chi connectivity index (χ4v) is 1.82. The summed E-state index contributed by atoms with van der Waals surface area (Å²) >= 11 is 0. The van der Waals surface area contributed by atoms with Crippen LogP contribution in [0.5, 0.6) is 0 Å². The van der Waals surface area contributed by atoms with E-state index in [1.165, 1.54) is 0 Å². The molecule has 6 heteroatoms. The van der Waals surface area contributed by atoms with Crippen molar-refractivity contribution in [2.45, 2.75) is 52.5 Å². The Labute approximate surface area is 112 Å². The van der Waals surface area contributed by atoms with E-state index < -0.39 is 5.97 Å². The van der Waals surface area contributed by atoms with Gasteiger partial charge in [0.05, 0.1) is 12.1 Å². The van der Waals surface area contributed by atoms with Crippen molar-refractivity contribution >= 4 is 11.9 Å². The van der Waals surface area contributed by atoms with Gasteiger partial charge in [0.1, 0.15) is 5.56 Å². The lowest BCUT2D eigenvalue weighted by Crippen LogP contribution is -2.36. The Morgan fingerprint density at radius 1 is 1.42 bits per heavy atom. The topological polar surface area (TPSA) is 92.4 Å². The van der Waals surface area contributed by atoms with Crippen molar-refractivity contribution in [3.8, 4) is 0 Å². The number of nitrogens with zero attached hydrogens (tertiary/aromatic N) is 1. The van der Waals surface area contributed by atoms with Crippen molar-refractivity contribution in [2.24, 2.45) is 0 Å². The third-order valence-electron chi connectivity index (χ3n) is 2.89. The van der Waals surface area contributed by atoms with Crippen LogP contribution in [0.15, 0.2) is 4.52 Å². The maximum Gasteiger partial charge on any atom is 0.305 e. The number of hydrogen-bond donors (Lipinski definition) is 2. The summed E-state index contributed by atoms with van der Waals surface area (Å²) in [7, 11) is 0. The zero-order valence-corrected chi connectivity index (χ0v) is 11.7. The largest absolute Gasteiger partial charge is 0.481 e. The van der Waals surface area contributed by atoms with Crippen LogP contribution in [0.2, 0.25) is 0 Å². The van der Waals surface area contributed by atoms with Gasteiger partial charge in [-0.2, -0.15) is 0 Å². The lowest BCUT2D eigenvalue weighted by Gasteiger charge is -2.15. The monoisotopic (exact) mass is 268 g/mol. The van der Waals surface area contributed by atoms with Crippen molar-refractivity contribution in [2.75, 3.05) is 0 Å². The molecule has 0 aliphatic heterocycles. The summed E-state index contributed by atoms with van der Waals surface area (Å²) in [5.41, 5.74) is 0.935. The van der Waals surface area contributed by atoms with E-state index in [-0.39, 0.29) is 24.3 Å². The molecule has 1 aromatic heterocycles. The van der Waals surface area contributed by atoms with Crippen LogP contribution in [0.4, 0.5) is 0 Å². The number of carbonyl (C=O) groups is 2. The molecule has 2 N–H and O–H groups in total. The normalized spacial score (nSPS) is 12.5. The lowest BCUT2D eigenvalue weighted by atomic mass is 10.0. The lowest BCUT2D eigenvalue weighted by molar-refractivity contribution is -0.137. The molecule has 1 atom stereocenters. The number of nitrogens with one attached hydrogen (secondary N) is 1. The van der Waals surface area contributed by atoms with Crippen LogP contribution in [-0.2, 0) is 4.79 Å². The Bertz CT molecular complexity index is 465. The molecule has 0 fully saturated rings. The first-order valence-corrected chi connectivity index (χ1v) is 6.35. The SMILES string of the molecule is CCC(CC(=O)O)NC(=O)c1c(C)noc1C(C)C. The number of rotatable bonds is 6. The van der Waals surface area contributed by atoms with Gasteiger partial charge in [-0.1, -0.05) is 25.9 Å². The summed E-state index contributed by atoms with van der Waals surface area (Å²) < 4.78 is 5.15. The highest BCUT2D eigenvalue weighted by atomic mass is 16.5. The predicted molar refractivity (Wildman–Crippen MR) is 69.1 cm³/mol. The zero-order chi connectivity index (χ0) is 14.6. The highest BCUT2D eigenvalue weighted by molar-refractivity contribution is 5.96. The number of carbonyl (C=O) groups excluding carboxylic acids is 1. The van der Waals surface area contributed by atoms with Gasteiger partial charge in [0, 0.05) is 12.0 Å². The van der Waals surface area contributed by atoms with Gasteiger partial charge in [-0.05, 0) is 13.3 Å². The molecule has 0 radical (unpaired) electrons. The fraction of sp³-hybridized carbons (Fsp3) is 0.615. The molecule has 0 saturated heterocycles. The molecule has 0 bridgehead atoms. The van der Waals surface area contributed by atoms with E-state index in [0.717, 1.165) is 0 Å². The van der Waals surface area contributed by atoms with Gasteiger partial charge in [-0.25, -0.2) is 0 Å². The van der Waals surface area contributed by atoms with E-state index in [9.17, 15) is 9.59 Å². The van der Waals surface area contributed by atoms with E-state index in [1.54, 1.807) is 6.92 Å². The van der Waals surface area contributed by atoms with Crippen molar-refractivity contribution in [1.29, 1.82) is 0 Å². The molecule has 1 heterocycles. The van der Waals surface area contributed by atoms with E-state index in [2.05, 4.69) is 10.5 Å². The summed E-state index contributed by atoms with van der Waals surface area (Å²) in [6.45, 7) is 7.34. The van der Waals surface area contributed by atoms with E-state index >= 15 is 0 Å². The number of carboxylic acids is 1. The average Bonchev–Trinajstić information content (AvgIpc) is 2.69. The number of aryl methyl sites for hydroxylation is 1. The molecule has 1 amide bonds. The smallest absolute Gasteiger partial charge is 0.305 e. The quantitative estimate of drug-likeness (QED) is 0.824. The molecule has 0 aliphatic rings. The molecule has 1 unspecified atom stereocenters. The van der Waals surface area contributed by atoms with Crippen LogP contribution >= 0.6 is 0 Å². The van der Waals surface area contributed by atoms with E-state index in [0.29, 0.717) is 23.4 Å². The van der Waals surface area contributed by atoms with Crippen molar-refractivity contribution in [1.82, 2.24) is 10.5 Å². The third kappa shape index (κ3) is 3.81. The minimum absolute atomic E-state index is 0.0431. The molecule has 1 rings (SSSR count). The molecule has 0 spiro atoms. The molecule has 0 saturated carbocycles. The molecule has 0 aromatic carbocycles. The predicted octanol–water partition coefficient (Wildman–Crippen LogP) is 2.09. The summed E-state index contributed by atoms with van der Waals surface area (Å²) in [6.07, 6.45) is 0.461. The van der Waals surface area contributed by atoms with Gasteiger partial charge in [-0.3, -0.25) is 9.59 Å². The summed E-state index contributed by atoms with van der Waals surface area (Å²) in [5, 5.41) is 15.3. The van der Waals surface area contributed by atoms with Gasteiger partial charge < -0.3 is 14.9 Å². The van der Waals surface area contributed by atoms with E-state index in [1.807, 2.05) is 20.8 Å². The number of aromatic nitrogens is 1. The molecule has 0 aliphatic carbocycles. The molecule has 6 nitrogen and oxygen atoms in total. The first kappa shape index (κ1) is 15.2. The van der Waals surface area contributed by atoms with E-state index in [4.69, 9.17) is 9.63 Å². The minimum atomic E-state index is -0.932. The second-order valence-corrected chi connectivity index (χ2v) is 4.84. The average molecular weight is 268 g/mol. The van der Waals surface area contributed by atoms with Gasteiger partial charge in [0.15, 0.2) is 5.76 Å². The van der Waals surface area contributed by atoms with Crippen molar-refractivity contribution in [3.63, 3.8) is 0 Å². The van der Waals surface area contributed by atoms with Crippen LogP contribution in [0.1, 0.15) is 61.3 Å². The Morgan fingerprint density at radius 3 is 2.53 bits per heavy atom. The van der Waals surface area contributed by atoms with Crippen LogP contribution in [-0.4, -0.2) is 28.2 Å². The first-order valence-electron chi connectivity index (χ1n) is 6.35. The second-order valence-electron chi connectivity index (χ2n) is 4.84. The summed E-state index contributed by atoms with van der Waals surface area (Å²) in [6, 6.07) is -0.390. The number of hydrogen-bond acceptors (Lipinski definition) is 4. The maximum absolute atomic E-state index is 12.2. The highest BCUT2D eigenvalue weighted by Gasteiger charge is 2.24. The molecule has 19 heavy (non-hydrogen) atoms. The summed E-state index contributed by atoms with van der Waals surface area (Å²) in [5.74, 6) is -0.685. The second kappa shape index (κ2) is 6.36. The number of aliphatic carboxylic acids is 1. The molecule has 1 aromatic rings. The van der Waals surface area contributed by atoms with Gasteiger partial charge in [-0.15, -0.1) is 0 Å². The van der Waals surface area contributed by atoms with Crippen LogP contribution in [0.25, 0.3) is 0 Å². The zero-order valence-electron chi connectivity index (χ0n) is 11.7. The van der Waals surface area contributed by atoms with Gasteiger partial charge in [0.25, 0.3) is 5.91 Å². The van der Waals surface area contributed by atoms with Gasteiger partial charge >= 0.3 is 5.97 Å². The Hall–Kier alpha value is -1.85. The highest BCUT2D eigenvalue weighted by Crippen LogP contribution is 2.22. The maximum atomic E-state index is 12.2. The molecular formula is C13H20N2O4. The van der Waals surface area contributed by atoms with Crippen molar-refractivity contribution in [3.05, 3.63) is 17.0 Å². The Kier molecular flexibility index (Phi) is 5.09. The Morgan fingerprint density at radius 2 is 2.05 bits per heavy atom. The third-order valence-corrected chi connectivity index (χ3v) is 2.89.